The van der Waals surface area contributed by atoms with Crippen LogP contribution in [0.15, 0.2) is 48.9 Å². The Balaban J connectivity index is 0.00000387. The molecule has 0 aliphatic carbocycles. The molecule has 4 heterocycles. The van der Waals surface area contributed by atoms with Gasteiger partial charge in [-0.3, -0.25) is 15.2 Å². The third-order valence-electron chi connectivity index (χ3n) is 6.40. The minimum atomic E-state index is -0.587. The van der Waals surface area contributed by atoms with Crippen LogP contribution in [0.5, 0.6) is 0 Å². The second-order valence-corrected chi connectivity index (χ2v) is 9.66. The van der Waals surface area contributed by atoms with Gasteiger partial charge in [0.1, 0.15) is 5.52 Å². The summed E-state index contributed by atoms with van der Waals surface area (Å²) in [5, 5.41) is 2.62. The maximum absolute atomic E-state index is 12.2. The van der Waals surface area contributed by atoms with Crippen LogP contribution in [0.3, 0.4) is 0 Å². The average Bonchev–Trinajstić information content (AvgIpc) is 3.35. The van der Waals surface area contributed by atoms with Crippen molar-refractivity contribution >= 4 is 29.2 Å². The molecular weight excluding hydrogens is 524 g/mol. The number of carbonyl (C=O) groups is 2. The first-order chi connectivity index (χ1) is 19.4. The number of amides is 2. The van der Waals surface area contributed by atoms with E-state index in [9.17, 15) is 9.59 Å². The van der Waals surface area contributed by atoms with E-state index in [-0.39, 0.29) is 32.2 Å². The van der Waals surface area contributed by atoms with Crippen molar-refractivity contribution in [2.45, 2.75) is 40.8 Å². The summed E-state index contributed by atoms with van der Waals surface area (Å²) in [4.78, 5) is 49.4. The van der Waals surface area contributed by atoms with Crippen molar-refractivity contribution in [3.8, 4) is 22.5 Å². The SMILES string of the molecule is C.CCOC(=O)Nc1nc2c(-c3ncccn3)cc(-c3ccc(CN4CCN(C(=O)OC(C)C)CC4)nc3)cc2[nH]1. The molecule has 0 bridgehead atoms. The van der Waals surface area contributed by atoms with E-state index in [0.717, 1.165) is 35.5 Å². The number of pyridine rings is 1. The first kappa shape index (κ1) is 29.4. The van der Waals surface area contributed by atoms with Crippen molar-refractivity contribution in [3.05, 3.63) is 54.6 Å². The Morgan fingerprint density at radius 2 is 1.80 bits per heavy atom. The van der Waals surface area contributed by atoms with Crippen LogP contribution in [-0.2, 0) is 16.0 Å². The highest BCUT2D eigenvalue weighted by atomic mass is 16.6. The largest absolute Gasteiger partial charge is 0.450 e. The Hall–Kier alpha value is -4.58. The smallest absolute Gasteiger partial charge is 0.413 e. The maximum Gasteiger partial charge on any atom is 0.413 e. The molecule has 1 aliphatic rings. The molecule has 216 valence electrons. The van der Waals surface area contributed by atoms with E-state index in [2.05, 4.69) is 30.2 Å². The van der Waals surface area contributed by atoms with Crippen molar-refractivity contribution in [1.29, 1.82) is 0 Å². The molecule has 0 spiro atoms. The summed E-state index contributed by atoms with van der Waals surface area (Å²) in [7, 11) is 0. The van der Waals surface area contributed by atoms with E-state index in [4.69, 9.17) is 14.5 Å². The van der Waals surface area contributed by atoms with Crippen molar-refractivity contribution in [1.82, 2.24) is 34.7 Å². The number of piperazine rings is 1. The highest BCUT2D eigenvalue weighted by Crippen LogP contribution is 2.32. The molecule has 12 nitrogen and oxygen atoms in total. The molecular formula is C29H36N8O4. The molecule has 2 amide bonds. The third-order valence-corrected chi connectivity index (χ3v) is 6.40. The molecule has 5 rings (SSSR count). The topological polar surface area (TPSA) is 138 Å². The Morgan fingerprint density at radius 3 is 2.46 bits per heavy atom. The fourth-order valence-electron chi connectivity index (χ4n) is 4.50. The van der Waals surface area contributed by atoms with Crippen LogP contribution < -0.4 is 5.32 Å². The Bertz CT molecular complexity index is 1470. The van der Waals surface area contributed by atoms with Crippen LogP contribution in [0.25, 0.3) is 33.5 Å². The lowest BCUT2D eigenvalue weighted by Crippen LogP contribution is -2.48. The third kappa shape index (κ3) is 7.14. The van der Waals surface area contributed by atoms with Gasteiger partial charge in [-0.05, 0) is 50.6 Å². The number of nitrogens with zero attached hydrogens (tertiary/aromatic N) is 6. The minimum absolute atomic E-state index is 0. The molecule has 41 heavy (non-hydrogen) atoms. The zero-order valence-corrected chi connectivity index (χ0v) is 22.8. The molecule has 1 aromatic carbocycles. The average molecular weight is 561 g/mol. The fourth-order valence-corrected chi connectivity index (χ4v) is 4.50. The molecule has 0 atom stereocenters. The summed E-state index contributed by atoms with van der Waals surface area (Å²) < 4.78 is 10.3. The molecule has 1 saturated heterocycles. The van der Waals surface area contributed by atoms with Gasteiger partial charge < -0.3 is 19.4 Å². The standard InChI is InChI=1S/C28H32N8O4.CH4/c1-4-39-27(37)34-26-32-23-15-20(14-22(24(23)33-26)25-29-8-5-9-30-25)19-6-7-21(31-16-19)17-35-10-12-36(13-11-35)28(38)40-18(2)3;/h5-9,14-16,18H,4,10-13,17H2,1-3H3,(H2,32,33,34,37);1H4. The molecule has 2 N–H and O–H groups in total. The van der Waals surface area contributed by atoms with Crippen molar-refractivity contribution in [3.63, 3.8) is 0 Å². The number of rotatable bonds is 7. The van der Waals surface area contributed by atoms with E-state index >= 15 is 0 Å². The van der Waals surface area contributed by atoms with Gasteiger partial charge in [-0.1, -0.05) is 13.5 Å². The number of benzene rings is 1. The van der Waals surface area contributed by atoms with Gasteiger partial charge in [0.15, 0.2) is 5.82 Å². The second-order valence-electron chi connectivity index (χ2n) is 9.66. The number of hydrogen-bond donors (Lipinski definition) is 2. The number of aromatic amines is 1. The summed E-state index contributed by atoms with van der Waals surface area (Å²) in [5.74, 6) is 0.790. The van der Waals surface area contributed by atoms with Gasteiger partial charge in [0.25, 0.3) is 0 Å². The van der Waals surface area contributed by atoms with Gasteiger partial charge in [-0.2, -0.15) is 0 Å². The quantitative estimate of drug-likeness (QED) is 0.321. The summed E-state index contributed by atoms with van der Waals surface area (Å²) in [6, 6.07) is 9.72. The van der Waals surface area contributed by atoms with E-state index in [0.29, 0.717) is 36.5 Å². The molecule has 1 fully saturated rings. The molecule has 3 aromatic heterocycles. The number of imidazole rings is 1. The van der Waals surface area contributed by atoms with Gasteiger partial charge in [0.2, 0.25) is 5.95 Å². The van der Waals surface area contributed by atoms with Crippen LogP contribution in [0.4, 0.5) is 15.5 Å². The second kappa shape index (κ2) is 13.2. The maximum atomic E-state index is 12.2. The van der Waals surface area contributed by atoms with Crippen LogP contribution in [-0.4, -0.2) is 85.8 Å². The molecule has 0 radical (unpaired) electrons. The fraction of sp³-hybridized carbons (Fsp3) is 0.379. The molecule has 0 saturated carbocycles. The van der Waals surface area contributed by atoms with E-state index < -0.39 is 6.09 Å². The number of hydrogen-bond acceptors (Lipinski definition) is 9. The number of ether oxygens (including phenoxy) is 2. The number of H-pyrrole nitrogens is 1. The first-order valence-electron chi connectivity index (χ1n) is 13.3. The number of nitrogens with one attached hydrogen (secondary N) is 2. The number of fused-ring (bicyclic) bond motifs is 1. The van der Waals surface area contributed by atoms with E-state index in [1.54, 1.807) is 30.3 Å². The summed E-state index contributed by atoms with van der Waals surface area (Å²) >= 11 is 0. The zero-order chi connectivity index (χ0) is 28.1. The first-order valence-corrected chi connectivity index (χ1v) is 13.3. The lowest BCUT2D eigenvalue weighted by molar-refractivity contribution is 0.0557. The zero-order valence-electron chi connectivity index (χ0n) is 22.8. The van der Waals surface area contributed by atoms with Crippen LogP contribution in [0, 0.1) is 0 Å². The van der Waals surface area contributed by atoms with Gasteiger partial charge >= 0.3 is 12.2 Å². The van der Waals surface area contributed by atoms with Gasteiger partial charge in [0, 0.05) is 62.4 Å². The summed E-state index contributed by atoms with van der Waals surface area (Å²) in [6.45, 7) is 9.17. The van der Waals surface area contributed by atoms with E-state index in [1.807, 2.05) is 44.3 Å². The minimum Gasteiger partial charge on any atom is -0.450 e. The molecule has 0 unspecified atom stereocenters. The Kier molecular flexibility index (Phi) is 9.45. The predicted molar refractivity (Wildman–Crippen MR) is 156 cm³/mol. The summed E-state index contributed by atoms with van der Waals surface area (Å²) in [5.41, 5.74) is 4.82. The van der Waals surface area contributed by atoms with Crippen molar-refractivity contribution in [2.24, 2.45) is 0 Å². The van der Waals surface area contributed by atoms with Crippen LogP contribution in [0.2, 0.25) is 0 Å². The monoisotopic (exact) mass is 560 g/mol. The lowest BCUT2D eigenvalue weighted by atomic mass is 10.0. The number of anilines is 1. The predicted octanol–water partition coefficient (Wildman–Crippen LogP) is 4.95. The highest BCUT2D eigenvalue weighted by molar-refractivity contribution is 5.96. The van der Waals surface area contributed by atoms with E-state index in [1.165, 1.54) is 0 Å². The van der Waals surface area contributed by atoms with Gasteiger partial charge in [-0.25, -0.2) is 24.5 Å². The van der Waals surface area contributed by atoms with Crippen LogP contribution in [0.1, 0.15) is 33.9 Å². The van der Waals surface area contributed by atoms with Crippen molar-refractivity contribution < 1.29 is 19.1 Å². The molecule has 4 aromatic rings. The normalized spacial score (nSPS) is 13.6. The van der Waals surface area contributed by atoms with Gasteiger partial charge in [0.05, 0.1) is 23.9 Å². The Morgan fingerprint density at radius 1 is 1.05 bits per heavy atom. The van der Waals surface area contributed by atoms with Crippen molar-refractivity contribution in [2.75, 3.05) is 38.1 Å². The van der Waals surface area contributed by atoms with Crippen LogP contribution >= 0.6 is 0 Å². The molecule has 1 aliphatic heterocycles. The number of carbonyl (C=O) groups excluding carboxylic acids is 2. The molecule has 12 heteroatoms. The lowest BCUT2D eigenvalue weighted by Gasteiger charge is -2.34. The highest BCUT2D eigenvalue weighted by Gasteiger charge is 2.23. The summed E-state index contributed by atoms with van der Waals surface area (Å²) in [6.07, 6.45) is 4.23. The van der Waals surface area contributed by atoms with Gasteiger partial charge in [-0.15, -0.1) is 0 Å². The Labute approximate surface area is 239 Å². The number of aromatic nitrogens is 5.